The molecule has 2 aromatic rings. The monoisotopic (exact) mass is 293 g/mol. The third-order valence-corrected chi connectivity index (χ3v) is 3.78. The lowest BCUT2D eigenvalue weighted by atomic mass is 10.4. The molecule has 0 aromatic carbocycles. The number of aliphatic hydroxyl groups is 1. The number of hydrogen-bond acceptors (Lipinski definition) is 6. The van der Waals surface area contributed by atoms with E-state index in [-0.39, 0.29) is 12.5 Å². The number of rotatable bonds is 3. The zero-order chi connectivity index (χ0) is 13.7. The van der Waals surface area contributed by atoms with E-state index < -0.39 is 0 Å². The molecule has 0 atom stereocenters. The van der Waals surface area contributed by atoms with Crippen LogP contribution < -0.4 is 5.32 Å². The molecule has 5 nitrogen and oxygen atoms in total. The highest BCUT2D eigenvalue weighted by atomic mass is 32.1. The second kappa shape index (κ2) is 6.43. The number of amides is 1. The number of anilines is 1. The molecule has 19 heavy (non-hydrogen) atoms. The van der Waals surface area contributed by atoms with Crippen LogP contribution in [-0.4, -0.2) is 27.8 Å². The van der Waals surface area contributed by atoms with E-state index in [1.807, 2.05) is 6.92 Å². The van der Waals surface area contributed by atoms with Gasteiger partial charge >= 0.3 is 0 Å². The summed E-state index contributed by atoms with van der Waals surface area (Å²) in [6.07, 6.45) is 0.434. The summed E-state index contributed by atoms with van der Waals surface area (Å²) >= 11 is 2.64. The zero-order valence-corrected chi connectivity index (χ0v) is 11.8. The average Bonchev–Trinajstić information content (AvgIpc) is 2.99. The lowest BCUT2D eigenvalue weighted by molar-refractivity contribution is 0.103. The molecule has 98 valence electrons. The molecule has 0 spiro atoms. The second-order valence-electron chi connectivity index (χ2n) is 3.52. The van der Waals surface area contributed by atoms with Crippen LogP contribution in [-0.2, 0) is 0 Å². The van der Waals surface area contributed by atoms with Crippen molar-refractivity contribution in [2.75, 3.05) is 11.9 Å². The number of carbonyl (C=O) groups excluding carboxylic acids is 1. The Labute approximate surface area is 118 Å². The van der Waals surface area contributed by atoms with Gasteiger partial charge in [0.25, 0.3) is 5.91 Å². The van der Waals surface area contributed by atoms with Gasteiger partial charge in [-0.05, 0) is 19.1 Å². The van der Waals surface area contributed by atoms with E-state index in [0.29, 0.717) is 16.4 Å². The van der Waals surface area contributed by atoms with E-state index in [4.69, 9.17) is 5.11 Å². The van der Waals surface area contributed by atoms with Crippen LogP contribution in [0.3, 0.4) is 0 Å². The Morgan fingerprint density at radius 3 is 2.95 bits per heavy atom. The van der Waals surface area contributed by atoms with E-state index in [1.54, 1.807) is 12.1 Å². The number of nitrogens with one attached hydrogen (secondary N) is 1. The first kappa shape index (κ1) is 13.7. The predicted molar refractivity (Wildman–Crippen MR) is 75.5 cm³/mol. The number of aryl methyl sites for hydroxylation is 1. The number of nitrogens with zero attached hydrogens (tertiary/aromatic N) is 2. The smallest absolute Gasteiger partial charge is 0.267 e. The van der Waals surface area contributed by atoms with Crippen LogP contribution in [0.15, 0.2) is 12.1 Å². The molecule has 0 saturated carbocycles. The van der Waals surface area contributed by atoms with Crippen LogP contribution in [0.1, 0.15) is 26.0 Å². The number of hydrogen-bond donors (Lipinski definition) is 2. The van der Waals surface area contributed by atoms with Crippen molar-refractivity contribution in [1.29, 1.82) is 0 Å². The summed E-state index contributed by atoms with van der Waals surface area (Å²) in [4.78, 5) is 13.3. The van der Waals surface area contributed by atoms with Gasteiger partial charge in [-0.3, -0.25) is 10.1 Å². The van der Waals surface area contributed by atoms with Crippen LogP contribution in [0.5, 0.6) is 0 Å². The van der Waals surface area contributed by atoms with Gasteiger partial charge in [-0.2, -0.15) is 0 Å². The van der Waals surface area contributed by atoms with Crippen molar-refractivity contribution in [3.8, 4) is 11.8 Å². The third kappa shape index (κ3) is 3.86. The molecule has 2 N–H and O–H groups in total. The van der Waals surface area contributed by atoms with Gasteiger partial charge in [-0.25, -0.2) is 0 Å². The highest BCUT2D eigenvalue weighted by molar-refractivity contribution is 7.16. The molecule has 7 heteroatoms. The summed E-state index contributed by atoms with van der Waals surface area (Å²) in [7, 11) is 0. The van der Waals surface area contributed by atoms with Gasteiger partial charge in [0.15, 0.2) is 0 Å². The fourth-order valence-corrected chi connectivity index (χ4v) is 2.60. The van der Waals surface area contributed by atoms with Crippen molar-refractivity contribution >= 4 is 33.7 Å². The summed E-state index contributed by atoms with van der Waals surface area (Å²) in [5.41, 5.74) is 0. The number of carbonyl (C=O) groups is 1. The minimum Gasteiger partial charge on any atom is -0.395 e. The number of aliphatic hydroxyl groups excluding tert-OH is 1. The SMILES string of the molecule is Cc1nnc(NC(=O)c2ccc(C#CCCO)s2)s1. The maximum Gasteiger partial charge on any atom is 0.267 e. The summed E-state index contributed by atoms with van der Waals surface area (Å²) in [5.74, 6) is 5.50. The Bertz CT molecular complexity index is 637. The standard InChI is InChI=1S/C12H11N3O2S2/c1-8-14-15-12(18-8)13-11(17)10-6-5-9(19-10)4-2-3-7-16/h5-6,16H,3,7H2,1H3,(H,13,15,17). The molecule has 2 heterocycles. The zero-order valence-electron chi connectivity index (χ0n) is 10.1. The van der Waals surface area contributed by atoms with Gasteiger partial charge in [0, 0.05) is 6.42 Å². The number of aromatic nitrogens is 2. The molecular weight excluding hydrogens is 282 g/mol. The van der Waals surface area contributed by atoms with Crippen molar-refractivity contribution in [1.82, 2.24) is 10.2 Å². The van der Waals surface area contributed by atoms with E-state index in [2.05, 4.69) is 27.4 Å². The van der Waals surface area contributed by atoms with Crippen LogP contribution in [0.2, 0.25) is 0 Å². The fraction of sp³-hybridized carbons (Fsp3) is 0.250. The van der Waals surface area contributed by atoms with Crippen molar-refractivity contribution in [3.05, 3.63) is 26.9 Å². The third-order valence-electron chi connectivity index (χ3n) is 2.02. The molecule has 2 rings (SSSR count). The normalized spacial score (nSPS) is 9.79. The van der Waals surface area contributed by atoms with E-state index >= 15 is 0 Å². The second-order valence-corrected chi connectivity index (χ2v) is 5.79. The maximum atomic E-state index is 11.9. The summed E-state index contributed by atoms with van der Waals surface area (Å²) in [6, 6.07) is 3.51. The average molecular weight is 293 g/mol. The topological polar surface area (TPSA) is 75.1 Å². The van der Waals surface area contributed by atoms with Gasteiger partial charge in [-0.15, -0.1) is 21.5 Å². The van der Waals surface area contributed by atoms with Crippen molar-refractivity contribution in [2.45, 2.75) is 13.3 Å². The molecule has 2 aromatic heterocycles. The van der Waals surface area contributed by atoms with E-state index in [0.717, 1.165) is 9.88 Å². The lowest BCUT2D eigenvalue weighted by Crippen LogP contribution is -2.09. The Morgan fingerprint density at radius 1 is 1.42 bits per heavy atom. The minimum absolute atomic E-state index is 0.0438. The van der Waals surface area contributed by atoms with Crippen molar-refractivity contribution < 1.29 is 9.90 Å². The maximum absolute atomic E-state index is 11.9. The van der Waals surface area contributed by atoms with E-state index in [1.165, 1.54) is 22.7 Å². The lowest BCUT2D eigenvalue weighted by Gasteiger charge is -1.96. The van der Waals surface area contributed by atoms with Gasteiger partial charge in [0.05, 0.1) is 16.4 Å². The van der Waals surface area contributed by atoms with E-state index in [9.17, 15) is 4.79 Å². The Hall–Kier alpha value is -1.75. The first-order valence-electron chi connectivity index (χ1n) is 5.50. The quantitative estimate of drug-likeness (QED) is 0.848. The van der Waals surface area contributed by atoms with Gasteiger partial charge in [0.2, 0.25) is 5.13 Å². The molecular formula is C12H11N3O2S2. The van der Waals surface area contributed by atoms with Crippen molar-refractivity contribution in [2.24, 2.45) is 0 Å². The van der Waals surface area contributed by atoms with Gasteiger partial charge in [0.1, 0.15) is 5.01 Å². The highest BCUT2D eigenvalue weighted by Gasteiger charge is 2.11. The Morgan fingerprint density at radius 2 is 2.26 bits per heavy atom. The summed E-state index contributed by atoms with van der Waals surface area (Å²) < 4.78 is 0. The molecule has 0 aliphatic heterocycles. The molecule has 0 aliphatic rings. The van der Waals surface area contributed by atoms with Gasteiger partial charge < -0.3 is 5.11 Å². The Kier molecular flexibility index (Phi) is 4.63. The van der Waals surface area contributed by atoms with Crippen LogP contribution in [0, 0.1) is 18.8 Å². The molecule has 0 unspecified atom stereocenters. The summed E-state index contributed by atoms with van der Waals surface area (Å²) in [5, 5.41) is 20.3. The first-order chi connectivity index (χ1) is 9.19. The van der Waals surface area contributed by atoms with Crippen molar-refractivity contribution in [3.63, 3.8) is 0 Å². The summed E-state index contributed by atoms with van der Waals surface area (Å²) in [6.45, 7) is 1.87. The Balaban J connectivity index is 2.02. The van der Waals surface area contributed by atoms with Crippen LogP contribution >= 0.6 is 22.7 Å². The molecule has 0 saturated heterocycles. The molecule has 0 fully saturated rings. The predicted octanol–water partition coefficient (Wildman–Crippen LogP) is 1.89. The molecule has 0 radical (unpaired) electrons. The largest absolute Gasteiger partial charge is 0.395 e. The minimum atomic E-state index is -0.212. The molecule has 1 amide bonds. The number of thiophene rings is 1. The van der Waals surface area contributed by atoms with Crippen LogP contribution in [0.25, 0.3) is 0 Å². The fourth-order valence-electron chi connectivity index (χ4n) is 1.24. The first-order valence-corrected chi connectivity index (χ1v) is 7.13. The highest BCUT2D eigenvalue weighted by Crippen LogP contribution is 2.19. The van der Waals surface area contributed by atoms with Crippen LogP contribution in [0.4, 0.5) is 5.13 Å². The molecule has 0 aliphatic carbocycles. The molecule has 0 bridgehead atoms. The van der Waals surface area contributed by atoms with Gasteiger partial charge in [-0.1, -0.05) is 23.2 Å².